The molecule has 10 heteroatoms. The normalized spacial score (nSPS) is 13.8. The molecular weight excluding hydrogens is 360 g/mol. The Bertz CT molecular complexity index is 634. The summed E-state index contributed by atoms with van der Waals surface area (Å²) < 4.78 is 5.47. The highest BCUT2D eigenvalue weighted by molar-refractivity contribution is 8.00. The fourth-order valence-electron chi connectivity index (χ4n) is 1.74. The van der Waals surface area contributed by atoms with E-state index in [9.17, 15) is 24.8 Å². The molecule has 0 saturated carbocycles. The number of amides is 1. The van der Waals surface area contributed by atoms with E-state index >= 15 is 0 Å². The van der Waals surface area contributed by atoms with Crippen molar-refractivity contribution in [2.75, 3.05) is 0 Å². The summed E-state index contributed by atoms with van der Waals surface area (Å²) >= 11 is 6.64. The van der Waals surface area contributed by atoms with Gasteiger partial charge in [-0.25, -0.2) is 4.79 Å². The molecule has 132 valence electrons. The summed E-state index contributed by atoms with van der Waals surface area (Å²) in [5.74, 6) is -1.30. The van der Waals surface area contributed by atoms with Gasteiger partial charge in [-0.3, -0.25) is 14.9 Å². The van der Waals surface area contributed by atoms with Crippen molar-refractivity contribution in [2.24, 2.45) is 0 Å². The van der Waals surface area contributed by atoms with E-state index in [1.165, 1.54) is 18.2 Å². The maximum Gasteiger partial charge on any atom is 0.335 e. The summed E-state index contributed by atoms with van der Waals surface area (Å²) in [5.41, 5.74) is -1.05. The first kappa shape index (κ1) is 20.2. The van der Waals surface area contributed by atoms with Crippen LogP contribution in [0, 0.1) is 10.1 Å². The van der Waals surface area contributed by atoms with Crippen LogP contribution in [0.25, 0.3) is 0 Å². The number of ether oxygens (including phenoxy) is 1. The van der Waals surface area contributed by atoms with Crippen molar-refractivity contribution in [3.63, 3.8) is 0 Å². The van der Waals surface area contributed by atoms with E-state index in [4.69, 9.17) is 16.3 Å². The van der Waals surface area contributed by atoms with Crippen LogP contribution in [0.2, 0.25) is 5.02 Å². The van der Waals surface area contributed by atoms with Crippen molar-refractivity contribution in [3.8, 4) is 0 Å². The number of carboxylic acids is 1. The highest BCUT2D eigenvalue weighted by Crippen LogP contribution is 2.35. The summed E-state index contributed by atoms with van der Waals surface area (Å²) in [5, 5.41) is 22.0. The van der Waals surface area contributed by atoms with Crippen molar-refractivity contribution in [2.45, 2.75) is 42.7 Å². The van der Waals surface area contributed by atoms with Crippen molar-refractivity contribution >= 4 is 41.4 Å². The lowest BCUT2D eigenvalue weighted by Gasteiger charge is -2.29. The largest absolute Gasteiger partial charge is 0.479 e. The van der Waals surface area contributed by atoms with Crippen LogP contribution >= 0.6 is 23.4 Å². The monoisotopic (exact) mass is 376 g/mol. The minimum absolute atomic E-state index is 0.121. The summed E-state index contributed by atoms with van der Waals surface area (Å²) in [6.45, 7) is 4.98. The number of nitro benzene ring substituents is 1. The maximum atomic E-state index is 11.5. The second kappa shape index (κ2) is 8.32. The van der Waals surface area contributed by atoms with Crippen molar-refractivity contribution in [1.82, 2.24) is 5.32 Å². The zero-order valence-corrected chi connectivity index (χ0v) is 14.8. The molecule has 8 nitrogen and oxygen atoms in total. The summed E-state index contributed by atoms with van der Waals surface area (Å²) in [6.07, 6.45) is -1.10. The van der Waals surface area contributed by atoms with Gasteiger partial charge in [0.25, 0.3) is 5.69 Å². The van der Waals surface area contributed by atoms with E-state index in [0.29, 0.717) is 6.41 Å². The first-order chi connectivity index (χ1) is 11.0. The van der Waals surface area contributed by atoms with Gasteiger partial charge in [0.15, 0.2) is 6.10 Å². The molecule has 0 aliphatic heterocycles. The number of benzene rings is 1. The number of rotatable bonds is 8. The SMILES string of the molecule is CC(C)(C)OC(C(=O)O)[C@H](NC=O)Sc1cc(Cl)ccc1[N+](=O)[O-]. The third-order valence-electron chi connectivity index (χ3n) is 2.60. The molecule has 2 atom stereocenters. The topological polar surface area (TPSA) is 119 Å². The number of hydrogen-bond donors (Lipinski definition) is 2. The number of carboxylic acid groups (broad SMARTS) is 1. The van der Waals surface area contributed by atoms with Gasteiger partial charge in [-0.1, -0.05) is 23.4 Å². The van der Waals surface area contributed by atoms with Crippen LogP contribution < -0.4 is 5.32 Å². The quantitative estimate of drug-likeness (QED) is 0.235. The van der Waals surface area contributed by atoms with Gasteiger partial charge in [0.05, 0.1) is 15.4 Å². The lowest BCUT2D eigenvalue weighted by molar-refractivity contribution is -0.387. The average molecular weight is 377 g/mol. The molecule has 0 bridgehead atoms. The number of hydrogen-bond acceptors (Lipinski definition) is 6. The molecule has 1 amide bonds. The third kappa shape index (κ3) is 5.99. The molecule has 0 radical (unpaired) electrons. The lowest BCUT2D eigenvalue weighted by Crippen LogP contribution is -2.46. The Kier molecular flexibility index (Phi) is 7.00. The van der Waals surface area contributed by atoms with E-state index in [0.717, 1.165) is 11.8 Å². The summed E-state index contributed by atoms with van der Waals surface area (Å²) in [4.78, 5) is 33.0. The number of thioether (sulfide) groups is 1. The Morgan fingerprint density at radius 1 is 1.50 bits per heavy atom. The standard InChI is InChI=1S/C14H17ClN2O6S/c1-14(2,3)23-11(13(19)20)12(16-7-18)24-10-6-8(15)4-5-9(10)17(21)22/h4-7,11-12H,1-3H3,(H,16,18)(H,19,20)/t11?,12-/m1/s1. The lowest BCUT2D eigenvalue weighted by atomic mass is 10.2. The van der Waals surface area contributed by atoms with E-state index in [1.807, 2.05) is 0 Å². The molecule has 1 unspecified atom stereocenters. The summed E-state index contributed by atoms with van der Waals surface area (Å²) in [7, 11) is 0. The Balaban J connectivity index is 3.21. The second-order valence-corrected chi connectivity index (χ2v) is 7.30. The average Bonchev–Trinajstić information content (AvgIpc) is 2.43. The minimum atomic E-state index is -1.42. The van der Waals surface area contributed by atoms with Gasteiger partial charge < -0.3 is 15.2 Å². The number of aliphatic carboxylic acids is 1. The molecule has 0 aliphatic carbocycles. The van der Waals surface area contributed by atoms with Crippen LogP contribution in [0.5, 0.6) is 0 Å². The van der Waals surface area contributed by atoms with Gasteiger partial charge in [0.1, 0.15) is 5.37 Å². The number of carbonyl (C=O) groups is 2. The zero-order valence-electron chi connectivity index (χ0n) is 13.2. The van der Waals surface area contributed by atoms with Crippen molar-refractivity contribution < 1.29 is 24.4 Å². The van der Waals surface area contributed by atoms with E-state index in [1.54, 1.807) is 20.8 Å². The highest BCUT2D eigenvalue weighted by atomic mass is 35.5. The molecule has 0 aliphatic rings. The van der Waals surface area contributed by atoms with Crippen LogP contribution in [-0.2, 0) is 14.3 Å². The van der Waals surface area contributed by atoms with Crippen LogP contribution in [-0.4, -0.2) is 39.5 Å². The Morgan fingerprint density at radius 3 is 2.58 bits per heavy atom. The van der Waals surface area contributed by atoms with Crippen LogP contribution in [0.3, 0.4) is 0 Å². The molecule has 1 rings (SSSR count). The van der Waals surface area contributed by atoms with Crippen LogP contribution in [0.1, 0.15) is 20.8 Å². The molecule has 1 aromatic carbocycles. The van der Waals surface area contributed by atoms with Crippen molar-refractivity contribution in [3.05, 3.63) is 33.3 Å². The summed E-state index contributed by atoms with van der Waals surface area (Å²) in [6, 6.07) is 3.90. The molecular formula is C14H17ClN2O6S. The number of carbonyl (C=O) groups excluding carboxylic acids is 1. The molecule has 0 aromatic heterocycles. The molecule has 24 heavy (non-hydrogen) atoms. The molecule has 0 spiro atoms. The zero-order chi connectivity index (χ0) is 18.5. The Labute approximate surface area is 147 Å². The molecule has 0 saturated heterocycles. The van der Waals surface area contributed by atoms with Gasteiger partial charge in [0.2, 0.25) is 6.41 Å². The predicted molar refractivity (Wildman–Crippen MR) is 89.2 cm³/mol. The number of nitrogens with one attached hydrogen (secondary N) is 1. The fourth-order valence-corrected chi connectivity index (χ4v) is 3.13. The number of nitrogens with zero attached hydrogens (tertiary/aromatic N) is 1. The smallest absolute Gasteiger partial charge is 0.335 e. The number of halogens is 1. The van der Waals surface area contributed by atoms with E-state index < -0.39 is 28.0 Å². The van der Waals surface area contributed by atoms with Gasteiger partial charge in [-0.05, 0) is 32.9 Å². The third-order valence-corrected chi connectivity index (χ3v) is 4.06. The number of nitro groups is 1. The Hall–Kier alpha value is -1.84. The van der Waals surface area contributed by atoms with Gasteiger partial charge >= 0.3 is 5.97 Å². The van der Waals surface area contributed by atoms with E-state index in [2.05, 4.69) is 5.32 Å². The highest BCUT2D eigenvalue weighted by Gasteiger charge is 2.35. The van der Waals surface area contributed by atoms with Crippen LogP contribution in [0.4, 0.5) is 5.69 Å². The molecule has 2 N–H and O–H groups in total. The Morgan fingerprint density at radius 2 is 2.12 bits per heavy atom. The predicted octanol–water partition coefficient (Wildman–Crippen LogP) is 2.68. The maximum absolute atomic E-state index is 11.5. The van der Waals surface area contributed by atoms with E-state index in [-0.39, 0.29) is 15.6 Å². The molecule has 0 fully saturated rings. The van der Waals surface area contributed by atoms with Crippen LogP contribution in [0.15, 0.2) is 23.1 Å². The van der Waals surface area contributed by atoms with Gasteiger partial charge in [-0.15, -0.1) is 0 Å². The van der Waals surface area contributed by atoms with Crippen molar-refractivity contribution in [1.29, 1.82) is 0 Å². The second-order valence-electron chi connectivity index (χ2n) is 5.68. The van der Waals surface area contributed by atoms with Gasteiger partial charge in [0, 0.05) is 11.1 Å². The minimum Gasteiger partial charge on any atom is -0.479 e. The fraction of sp³-hybridized carbons (Fsp3) is 0.429. The van der Waals surface area contributed by atoms with Gasteiger partial charge in [-0.2, -0.15) is 0 Å². The molecule has 0 heterocycles. The first-order valence-corrected chi connectivity index (χ1v) is 8.02. The first-order valence-electron chi connectivity index (χ1n) is 6.76. The molecule has 1 aromatic rings.